The van der Waals surface area contributed by atoms with Gasteiger partial charge < -0.3 is 10.4 Å². The third kappa shape index (κ3) is 2.98. The Morgan fingerprint density at radius 2 is 1.70 bits per heavy atom. The van der Waals surface area contributed by atoms with E-state index in [1.807, 2.05) is 0 Å². The first-order valence-electron chi connectivity index (χ1n) is 7.24. The standard InChI is InChI=1S/C16H21NOS2/c18-12-16(7-1-2-8-16)11-17-15(13-5-3-9-19-13)14-6-4-10-20-14/h3-6,9-10,15,17-18H,1-2,7-8,11-12H2. The van der Waals surface area contributed by atoms with Crippen LogP contribution in [0, 0.1) is 5.41 Å². The minimum Gasteiger partial charge on any atom is -0.396 e. The minimum absolute atomic E-state index is 0.104. The van der Waals surface area contributed by atoms with Crippen LogP contribution in [0.15, 0.2) is 35.0 Å². The Morgan fingerprint density at radius 1 is 1.10 bits per heavy atom. The lowest BCUT2D eigenvalue weighted by Crippen LogP contribution is -2.37. The van der Waals surface area contributed by atoms with Gasteiger partial charge in [0.2, 0.25) is 0 Å². The summed E-state index contributed by atoms with van der Waals surface area (Å²) in [6, 6.07) is 8.89. The highest BCUT2D eigenvalue weighted by atomic mass is 32.1. The predicted molar refractivity (Wildman–Crippen MR) is 86.5 cm³/mol. The van der Waals surface area contributed by atoms with Crippen LogP contribution in [0.4, 0.5) is 0 Å². The van der Waals surface area contributed by atoms with E-state index < -0.39 is 0 Å². The first-order chi connectivity index (χ1) is 9.83. The van der Waals surface area contributed by atoms with Crippen LogP contribution < -0.4 is 5.32 Å². The van der Waals surface area contributed by atoms with Gasteiger partial charge in [-0.25, -0.2) is 0 Å². The SMILES string of the molecule is OCC1(CNC(c2cccs2)c2cccs2)CCCC1. The molecule has 0 radical (unpaired) electrons. The fourth-order valence-electron chi connectivity index (χ4n) is 3.09. The molecule has 4 heteroatoms. The number of aliphatic hydroxyl groups is 1. The summed E-state index contributed by atoms with van der Waals surface area (Å²) < 4.78 is 0. The molecule has 0 aliphatic heterocycles. The summed E-state index contributed by atoms with van der Waals surface area (Å²) in [5.41, 5.74) is 0.104. The molecule has 1 saturated carbocycles. The molecule has 2 N–H and O–H groups in total. The smallest absolute Gasteiger partial charge is 0.0765 e. The number of hydrogen-bond donors (Lipinski definition) is 2. The second-order valence-corrected chi connectivity index (χ2v) is 7.67. The molecule has 0 amide bonds. The molecule has 0 bridgehead atoms. The third-order valence-corrected chi connectivity index (χ3v) is 6.21. The second-order valence-electron chi connectivity index (χ2n) is 5.71. The Labute approximate surface area is 128 Å². The van der Waals surface area contributed by atoms with Crippen LogP contribution in [0.25, 0.3) is 0 Å². The van der Waals surface area contributed by atoms with E-state index >= 15 is 0 Å². The largest absolute Gasteiger partial charge is 0.396 e. The lowest BCUT2D eigenvalue weighted by Gasteiger charge is -2.29. The molecule has 1 aliphatic carbocycles. The maximum absolute atomic E-state index is 9.76. The van der Waals surface area contributed by atoms with Gasteiger partial charge in [0, 0.05) is 28.3 Å². The molecule has 0 aromatic carbocycles. The molecule has 0 atom stereocenters. The molecule has 1 fully saturated rings. The van der Waals surface area contributed by atoms with Crippen LogP contribution >= 0.6 is 22.7 Å². The van der Waals surface area contributed by atoms with Gasteiger partial charge in [0.15, 0.2) is 0 Å². The quantitative estimate of drug-likeness (QED) is 0.844. The van der Waals surface area contributed by atoms with E-state index in [4.69, 9.17) is 0 Å². The van der Waals surface area contributed by atoms with Crippen molar-refractivity contribution >= 4 is 22.7 Å². The monoisotopic (exact) mass is 307 g/mol. The summed E-state index contributed by atoms with van der Waals surface area (Å²) in [5.74, 6) is 0. The summed E-state index contributed by atoms with van der Waals surface area (Å²) in [4.78, 5) is 2.72. The molecule has 0 unspecified atom stereocenters. The molecule has 0 spiro atoms. The maximum Gasteiger partial charge on any atom is 0.0765 e. The van der Waals surface area contributed by atoms with Crippen molar-refractivity contribution in [2.24, 2.45) is 5.41 Å². The van der Waals surface area contributed by atoms with Crippen LogP contribution in [0.3, 0.4) is 0 Å². The summed E-state index contributed by atoms with van der Waals surface area (Å²) in [6.07, 6.45) is 4.81. The Hall–Kier alpha value is -0.680. The summed E-state index contributed by atoms with van der Waals surface area (Å²) >= 11 is 3.60. The van der Waals surface area contributed by atoms with Crippen molar-refractivity contribution in [1.82, 2.24) is 5.32 Å². The van der Waals surface area contributed by atoms with Gasteiger partial charge in [-0.15, -0.1) is 22.7 Å². The maximum atomic E-state index is 9.76. The zero-order valence-electron chi connectivity index (χ0n) is 11.5. The van der Waals surface area contributed by atoms with Crippen molar-refractivity contribution in [2.75, 3.05) is 13.2 Å². The topological polar surface area (TPSA) is 32.3 Å². The van der Waals surface area contributed by atoms with Gasteiger partial charge in [-0.1, -0.05) is 25.0 Å². The van der Waals surface area contributed by atoms with Gasteiger partial charge >= 0.3 is 0 Å². The highest BCUT2D eigenvalue weighted by molar-refractivity contribution is 7.11. The van der Waals surface area contributed by atoms with E-state index in [-0.39, 0.29) is 11.5 Å². The van der Waals surface area contributed by atoms with Crippen molar-refractivity contribution in [3.63, 3.8) is 0 Å². The van der Waals surface area contributed by atoms with Crippen LogP contribution in [-0.2, 0) is 0 Å². The molecule has 2 aromatic rings. The first kappa shape index (κ1) is 14.3. The molecule has 108 valence electrons. The predicted octanol–water partition coefficient (Wildman–Crippen LogP) is 4.04. The zero-order chi connectivity index (χ0) is 13.8. The number of hydrogen-bond acceptors (Lipinski definition) is 4. The van der Waals surface area contributed by atoms with Crippen molar-refractivity contribution in [3.05, 3.63) is 44.8 Å². The van der Waals surface area contributed by atoms with Gasteiger partial charge in [-0.3, -0.25) is 0 Å². The molecule has 20 heavy (non-hydrogen) atoms. The van der Waals surface area contributed by atoms with Crippen LogP contribution in [-0.4, -0.2) is 18.3 Å². The summed E-state index contributed by atoms with van der Waals surface area (Å²) in [5, 5.41) is 17.7. The number of thiophene rings is 2. The minimum atomic E-state index is 0.104. The molecule has 0 saturated heterocycles. The molecular weight excluding hydrogens is 286 g/mol. The van der Waals surface area contributed by atoms with Gasteiger partial charge in [0.1, 0.15) is 0 Å². The van der Waals surface area contributed by atoms with Crippen molar-refractivity contribution in [3.8, 4) is 0 Å². The molecular formula is C16H21NOS2. The van der Waals surface area contributed by atoms with Crippen LogP contribution in [0.2, 0.25) is 0 Å². The number of nitrogens with one attached hydrogen (secondary N) is 1. The van der Waals surface area contributed by atoms with E-state index in [1.54, 1.807) is 22.7 Å². The van der Waals surface area contributed by atoms with Crippen LogP contribution in [0.5, 0.6) is 0 Å². The summed E-state index contributed by atoms with van der Waals surface area (Å²) in [6.45, 7) is 1.21. The van der Waals surface area contributed by atoms with Gasteiger partial charge in [-0.05, 0) is 35.7 Å². The molecule has 2 nitrogen and oxygen atoms in total. The Morgan fingerprint density at radius 3 is 2.15 bits per heavy atom. The van der Waals surface area contributed by atoms with E-state index in [0.717, 1.165) is 19.4 Å². The normalized spacial score (nSPS) is 17.9. The Bertz CT molecular complexity index is 466. The average Bonchev–Trinajstić information content (AvgIpc) is 3.23. The van der Waals surface area contributed by atoms with Crippen molar-refractivity contribution in [2.45, 2.75) is 31.7 Å². The van der Waals surface area contributed by atoms with Crippen LogP contribution in [0.1, 0.15) is 41.5 Å². The van der Waals surface area contributed by atoms with Gasteiger partial charge in [-0.2, -0.15) is 0 Å². The Balaban J connectivity index is 1.74. The van der Waals surface area contributed by atoms with Gasteiger partial charge in [0.25, 0.3) is 0 Å². The lowest BCUT2D eigenvalue weighted by molar-refractivity contribution is 0.126. The average molecular weight is 307 g/mol. The summed E-state index contributed by atoms with van der Waals surface area (Å²) in [7, 11) is 0. The van der Waals surface area contributed by atoms with E-state index in [9.17, 15) is 5.11 Å². The highest BCUT2D eigenvalue weighted by Crippen LogP contribution is 2.38. The van der Waals surface area contributed by atoms with Crippen molar-refractivity contribution < 1.29 is 5.11 Å². The first-order valence-corrected chi connectivity index (χ1v) is 9.00. The van der Waals surface area contributed by atoms with E-state index in [0.29, 0.717) is 6.61 Å². The van der Waals surface area contributed by atoms with Crippen molar-refractivity contribution in [1.29, 1.82) is 0 Å². The number of rotatable bonds is 6. The third-order valence-electron chi connectivity index (χ3n) is 4.34. The second kappa shape index (κ2) is 6.39. The Kier molecular flexibility index (Phi) is 4.56. The van der Waals surface area contributed by atoms with Gasteiger partial charge in [0.05, 0.1) is 6.04 Å². The van der Waals surface area contributed by atoms with E-state index in [1.165, 1.54) is 22.6 Å². The molecule has 2 heterocycles. The molecule has 1 aliphatic rings. The molecule has 3 rings (SSSR count). The highest BCUT2D eigenvalue weighted by Gasteiger charge is 2.34. The number of aliphatic hydroxyl groups excluding tert-OH is 1. The lowest BCUT2D eigenvalue weighted by atomic mass is 9.87. The fraction of sp³-hybridized carbons (Fsp3) is 0.500. The fourth-order valence-corrected chi connectivity index (χ4v) is 4.80. The van der Waals surface area contributed by atoms with E-state index in [2.05, 4.69) is 40.3 Å². The zero-order valence-corrected chi connectivity index (χ0v) is 13.2. The molecule has 2 aromatic heterocycles.